The molecule has 3 unspecified atom stereocenters. The smallest absolute Gasteiger partial charge is 0.165 e. The van der Waals surface area contributed by atoms with Crippen molar-refractivity contribution in [2.45, 2.75) is 104 Å². The van der Waals surface area contributed by atoms with Crippen LogP contribution in [0.5, 0.6) is 0 Å². The van der Waals surface area contributed by atoms with E-state index in [2.05, 4.69) is 32.1 Å². The van der Waals surface area contributed by atoms with Crippen LogP contribution in [0, 0.1) is 46.8 Å². The molecule has 0 saturated heterocycles. The van der Waals surface area contributed by atoms with Crippen LogP contribution < -0.4 is 0 Å². The van der Waals surface area contributed by atoms with Crippen molar-refractivity contribution in [2.75, 3.05) is 0 Å². The number of hydrogen-bond acceptors (Lipinski definition) is 1. The molecule has 5 rings (SSSR count). The van der Waals surface area contributed by atoms with Gasteiger partial charge in [0.2, 0.25) is 0 Å². The fourth-order valence-corrected chi connectivity index (χ4v) is 8.14. The normalized spacial score (nSPS) is 46.5. The standard InChI is InChI=1S/C29H44O/c1-20-3-6-22(7-4-20)23-11-15-29(16-12-23)17-13-25(14-18-29)28(30)26-10-9-24-8-5-21(2)27(24)19-26/h9-10,19-25,27H,3-8,11-18H2,1-2H3. The van der Waals surface area contributed by atoms with Gasteiger partial charge in [0.15, 0.2) is 5.78 Å². The first-order valence-electron chi connectivity index (χ1n) is 13.5. The summed E-state index contributed by atoms with van der Waals surface area (Å²) in [5.41, 5.74) is 1.65. The van der Waals surface area contributed by atoms with E-state index >= 15 is 0 Å². The molecule has 3 atom stereocenters. The van der Waals surface area contributed by atoms with Crippen LogP contribution in [0.3, 0.4) is 0 Å². The van der Waals surface area contributed by atoms with Gasteiger partial charge in [-0.3, -0.25) is 4.79 Å². The monoisotopic (exact) mass is 408 g/mol. The van der Waals surface area contributed by atoms with Gasteiger partial charge in [-0.05, 0) is 118 Å². The van der Waals surface area contributed by atoms with Gasteiger partial charge in [0.1, 0.15) is 0 Å². The Morgan fingerprint density at radius 3 is 2.13 bits per heavy atom. The zero-order chi connectivity index (χ0) is 20.7. The van der Waals surface area contributed by atoms with Gasteiger partial charge in [-0.2, -0.15) is 0 Å². The number of carbonyl (C=O) groups is 1. The minimum atomic E-state index is 0.303. The average molecular weight is 409 g/mol. The van der Waals surface area contributed by atoms with Gasteiger partial charge in [-0.1, -0.05) is 44.9 Å². The van der Waals surface area contributed by atoms with Crippen molar-refractivity contribution < 1.29 is 4.79 Å². The number of allylic oxidation sites excluding steroid dienone is 4. The Morgan fingerprint density at radius 1 is 0.800 bits per heavy atom. The van der Waals surface area contributed by atoms with Crippen LogP contribution in [0.15, 0.2) is 23.8 Å². The van der Waals surface area contributed by atoms with Crippen LogP contribution in [-0.4, -0.2) is 5.78 Å². The first-order valence-corrected chi connectivity index (χ1v) is 13.5. The molecule has 5 aliphatic carbocycles. The molecule has 0 aromatic rings. The van der Waals surface area contributed by atoms with Crippen molar-refractivity contribution in [3.63, 3.8) is 0 Å². The third kappa shape index (κ3) is 4.12. The Hall–Kier alpha value is -0.850. The molecule has 1 heteroatoms. The molecule has 0 aliphatic heterocycles. The van der Waals surface area contributed by atoms with Crippen molar-refractivity contribution in [1.29, 1.82) is 0 Å². The van der Waals surface area contributed by atoms with Gasteiger partial charge in [-0.25, -0.2) is 0 Å². The van der Waals surface area contributed by atoms with Crippen LogP contribution in [0.25, 0.3) is 0 Å². The van der Waals surface area contributed by atoms with Crippen LogP contribution in [0.1, 0.15) is 104 Å². The summed E-state index contributed by atoms with van der Waals surface area (Å²) in [5.74, 6) is 5.88. The van der Waals surface area contributed by atoms with E-state index < -0.39 is 0 Å². The third-order valence-corrected chi connectivity index (χ3v) is 10.5. The second kappa shape index (κ2) is 8.59. The summed E-state index contributed by atoms with van der Waals surface area (Å²) >= 11 is 0. The van der Waals surface area contributed by atoms with Crippen molar-refractivity contribution in [1.82, 2.24) is 0 Å². The lowest BCUT2D eigenvalue weighted by Gasteiger charge is -2.47. The maximum atomic E-state index is 13.3. The summed E-state index contributed by atoms with van der Waals surface area (Å²) in [7, 11) is 0. The van der Waals surface area contributed by atoms with Gasteiger partial charge in [-0.15, -0.1) is 0 Å². The zero-order valence-corrected chi connectivity index (χ0v) is 19.6. The highest BCUT2D eigenvalue weighted by atomic mass is 16.1. The molecule has 4 fully saturated rings. The molecule has 1 nitrogen and oxygen atoms in total. The molecule has 4 saturated carbocycles. The maximum absolute atomic E-state index is 13.3. The fourth-order valence-electron chi connectivity index (χ4n) is 8.14. The van der Waals surface area contributed by atoms with Crippen molar-refractivity contribution >= 4 is 5.78 Å². The molecule has 5 aliphatic rings. The minimum absolute atomic E-state index is 0.303. The van der Waals surface area contributed by atoms with Gasteiger partial charge < -0.3 is 0 Å². The van der Waals surface area contributed by atoms with Gasteiger partial charge in [0.05, 0.1) is 0 Å². The molecule has 0 bridgehead atoms. The number of rotatable bonds is 3. The quantitative estimate of drug-likeness (QED) is 0.463. The highest BCUT2D eigenvalue weighted by molar-refractivity contribution is 6.00. The summed E-state index contributed by atoms with van der Waals surface area (Å²) in [6.45, 7) is 4.81. The van der Waals surface area contributed by atoms with Gasteiger partial charge in [0, 0.05) is 11.5 Å². The van der Waals surface area contributed by atoms with Crippen LogP contribution in [0.2, 0.25) is 0 Å². The lowest BCUT2D eigenvalue weighted by Crippen LogP contribution is -2.36. The summed E-state index contributed by atoms with van der Waals surface area (Å²) in [6.07, 6.45) is 26.3. The van der Waals surface area contributed by atoms with Crippen molar-refractivity contribution in [3.8, 4) is 0 Å². The number of Topliss-reactive ketones (excluding diaryl/α,β-unsaturated/α-hetero) is 1. The minimum Gasteiger partial charge on any atom is -0.294 e. The molecule has 0 aromatic carbocycles. The summed E-state index contributed by atoms with van der Waals surface area (Å²) < 4.78 is 0. The predicted octanol–water partition coefficient (Wildman–Crippen LogP) is 7.91. The lowest BCUT2D eigenvalue weighted by atomic mass is 9.58. The number of ketones is 1. The molecule has 0 heterocycles. The van der Waals surface area contributed by atoms with E-state index in [-0.39, 0.29) is 0 Å². The third-order valence-electron chi connectivity index (χ3n) is 10.5. The lowest BCUT2D eigenvalue weighted by molar-refractivity contribution is -0.121. The Morgan fingerprint density at radius 2 is 1.43 bits per heavy atom. The summed E-state index contributed by atoms with van der Waals surface area (Å²) in [4.78, 5) is 13.3. The number of fused-ring (bicyclic) bond motifs is 1. The molecule has 1 spiro atoms. The average Bonchev–Trinajstić information content (AvgIpc) is 3.15. The summed E-state index contributed by atoms with van der Waals surface area (Å²) in [6, 6.07) is 0. The van der Waals surface area contributed by atoms with Gasteiger partial charge >= 0.3 is 0 Å². The fraction of sp³-hybridized carbons (Fsp3) is 0.828. The largest absolute Gasteiger partial charge is 0.294 e. The number of carbonyl (C=O) groups excluding carboxylic acids is 1. The molecule has 166 valence electrons. The molecule has 0 amide bonds. The van der Waals surface area contributed by atoms with E-state index in [1.54, 1.807) is 0 Å². The van der Waals surface area contributed by atoms with E-state index in [4.69, 9.17) is 0 Å². The molecule has 0 N–H and O–H groups in total. The van der Waals surface area contributed by atoms with E-state index in [0.717, 1.165) is 42.1 Å². The zero-order valence-electron chi connectivity index (χ0n) is 19.6. The molecular weight excluding hydrogens is 364 g/mol. The van der Waals surface area contributed by atoms with Crippen molar-refractivity contribution in [2.24, 2.45) is 46.8 Å². The SMILES string of the molecule is CC1CCC(C2CCC3(CCC(C(=O)C4=CC5C(C)CCC5C=C4)CC3)CC2)CC1. The Bertz CT molecular complexity index is 673. The van der Waals surface area contributed by atoms with Gasteiger partial charge in [0.25, 0.3) is 0 Å². The van der Waals surface area contributed by atoms with Crippen LogP contribution >= 0.6 is 0 Å². The summed E-state index contributed by atoms with van der Waals surface area (Å²) in [5, 5.41) is 0. The second-order valence-corrected chi connectivity index (χ2v) is 12.3. The van der Waals surface area contributed by atoms with E-state index in [0.29, 0.717) is 29.0 Å². The Balaban J connectivity index is 1.13. The Kier molecular flexibility index (Phi) is 6.02. The van der Waals surface area contributed by atoms with E-state index in [1.807, 2.05) is 0 Å². The van der Waals surface area contributed by atoms with E-state index in [1.165, 1.54) is 77.0 Å². The number of hydrogen-bond donors (Lipinski definition) is 0. The molecule has 0 radical (unpaired) electrons. The highest BCUT2D eigenvalue weighted by Crippen LogP contribution is 2.53. The van der Waals surface area contributed by atoms with Crippen LogP contribution in [0.4, 0.5) is 0 Å². The molecular formula is C29H44O. The first-order chi connectivity index (χ1) is 14.5. The van der Waals surface area contributed by atoms with Crippen LogP contribution in [-0.2, 0) is 4.79 Å². The Labute approximate surface area is 185 Å². The molecule has 0 aromatic heterocycles. The predicted molar refractivity (Wildman–Crippen MR) is 125 cm³/mol. The van der Waals surface area contributed by atoms with E-state index in [9.17, 15) is 4.79 Å². The van der Waals surface area contributed by atoms with Crippen molar-refractivity contribution in [3.05, 3.63) is 23.8 Å². The maximum Gasteiger partial charge on any atom is 0.165 e. The molecule has 30 heavy (non-hydrogen) atoms. The first kappa shape index (κ1) is 21.0. The highest BCUT2D eigenvalue weighted by Gasteiger charge is 2.42. The topological polar surface area (TPSA) is 17.1 Å². The second-order valence-electron chi connectivity index (χ2n) is 12.3.